The molecular formula is C15H9ClF6O. The van der Waals surface area contributed by atoms with Gasteiger partial charge in [0.05, 0.1) is 11.1 Å². The van der Waals surface area contributed by atoms with Crippen LogP contribution in [-0.4, -0.2) is 5.11 Å². The van der Waals surface area contributed by atoms with Crippen molar-refractivity contribution in [1.82, 2.24) is 0 Å². The Balaban J connectivity index is 2.59. The number of hydrogen-bond donors (Lipinski definition) is 1. The van der Waals surface area contributed by atoms with Crippen LogP contribution in [0.5, 0.6) is 0 Å². The summed E-state index contributed by atoms with van der Waals surface area (Å²) in [7, 11) is 0. The van der Waals surface area contributed by atoms with E-state index in [2.05, 4.69) is 0 Å². The van der Waals surface area contributed by atoms with Crippen molar-refractivity contribution in [3.05, 3.63) is 69.7 Å². The van der Waals surface area contributed by atoms with Crippen molar-refractivity contribution in [2.75, 3.05) is 0 Å². The molecule has 8 heteroatoms. The molecule has 0 aliphatic rings. The molecule has 0 saturated heterocycles. The molecule has 0 fully saturated rings. The summed E-state index contributed by atoms with van der Waals surface area (Å²) in [5.41, 5.74) is -3.46. The molecule has 0 heterocycles. The normalized spacial score (nSPS) is 13.9. The fraction of sp³-hybridized carbons (Fsp3) is 0.200. The van der Waals surface area contributed by atoms with E-state index in [4.69, 9.17) is 11.6 Å². The van der Waals surface area contributed by atoms with Gasteiger partial charge in [0.15, 0.2) is 0 Å². The van der Waals surface area contributed by atoms with Gasteiger partial charge in [-0.05, 0) is 41.5 Å². The molecule has 0 aliphatic carbocycles. The van der Waals surface area contributed by atoms with Crippen LogP contribution in [-0.2, 0) is 12.4 Å². The second-order valence-corrected chi connectivity index (χ2v) is 5.19. The lowest BCUT2D eigenvalue weighted by Crippen LogP contribution is -2.15. The van der Waals surface area contributed by atoms with Crippen molar-refractivity contribution >= 4 is 11.6 Å². The maximum absolute atomic E-state index is 13.0. The minimum absolute atomic E-state index is 0.000718. The molecule has 1 N–H and O–H groups in total. The molecule has 1 nitrogen and oxygen atoms in total. The molecule has 2 aromatic carbocycles. The van der Waals surface area contributed by atoms with E-state index < -0.39 is 35.1 Å². The maximum atomic E-state index is 13.0. The molecule has 1 atom stereocenters. The highest BCUT2D eigenvalue weighted by Crippen LogP contribution is 2.40. The smallest absolute Gasteiger partial charge is 0.384 e. The summed E-state index contributed by atoms with van der Waals surface area (Å²) in [5.74, 6) is 0. The Labute approximate surface area is 132 Å². The van der Waals surface area contributed by atoms with Gasteiger partial charge in [0.1, 0.15) is 6.10 Å². The molecule has 2 aromatic rings. The van der Waals surface area contributed by atoms with E-state index in [9.17, 15) is 31.4 Å². The van der Waals surface area contributed by atoms with Crippen molar-refractivity contribution in [3.8, 4) is 0 Å². The van der Waals surface area contributed by atoms with Gasteiger partial charge in [-0.3, -0.25) is 0 Å². The third-order valence-corrected chi connectivity index (χ3v) is 3.42. The molecule has 0 saturated carbocycles. The standard InChI is InChI=1S/C15H9ClF6O/c16-10-4-1-8(2-5-10)13(23)11-7-9(14(17,18)19)3-6-12(11)15(20,21)22/h1-7,13,23H/t13-/m1/s1. The number of halogens is 7. The summed E-state index contributed by atoms with van der Waals surface area (Å²) in [4.78, 5) is 0. The van der Waals surface area contributed by atoms with Gasteiger partial charge < -0.3 is 5.11 Å². The van der Waals surface area contributed by atoms with E-state index in [0.29, 0.717) is 18.2 Å². The average molecular weight is 355 g/mol. The number of benzene rings is 2. The quantitative estimate of drug-likeness (QED) is 0.710. The summed E-state index contributed by atoms with van der Waals surface area (Å²) < 4.78 is 77.2. The van der Waals surface area contributed by atoms with Crippen LogP contribution in [0.4, 0.5) is 26.3 Å². The summed E-state index contributed by atoms with van der Waals surface area (Å²) in [6.07, 6.45) is -11.6. The largest absolute Gasteiger partial charge is 0.416 e. The molecule has 0 amide bonds. The highest BCUT2D eigenvalue weighted by Gasteiger charge is 2.38. The van der Waals surface area contributed by atoms with Crippen LogP contribution in [0.2, 0.25) is 5.02 Å². The zero-order chi connectivity index (χ0) is 17.4. The highest BCUT2D eigenvalue weighted by atomic mass is 35.5. The summed E-state index contributed by atoms with van der Waals surface area (Å²) >= 11 is 5.64. The fourth-order valence-corrected chi connectivity index (χ4v) is 2.17. The first-order chi connectivity index (χ1) is 10.5. The number of aliphatic hydroxyl groups excluding tert-OH is 1. The molecule has 0 aliphatic heterocycles. The van der Waals surface area contributed by atoms with Crippen LogP contribution in [0, 0.1) is 0 Å². The lowest BCUT2D eigenvalue weighted by molar-refractivity contribution is -0.142. The third kappa shape index (κ3) is 3.97. The van der Waals surface area contributed by atoms with E-state index in [0.717, 1.165) is 0 Å². The molecule has 124 valence electrons. The van der Waals surface area contributed by atoms with E-state index in [1.54, 1.807) is 0 Å². The SMILES string of the molecule is O[C@H](c1ccc(Cl)cc1)c1cc(C(F)(F)F)ccc1C(F)(F)F. The number of rotatable bonds is 2. The average Bonchev–Trinajstić information content (AvgIpc) is 2.45. The van der Waals surface area contributed by atoms with Crippen molar-refractivity contribution in [3.63, 3.8) is 0 Å². The Morgan fingerprint density at radius 3 is 1.87 bits per heavy atom. The van der Waals surface area contributed by atoms with Crippen LogP contribution in [0.3, 0.4) is 0 Å². The predicted octanol–water partition coefficient (Wildman–Crippen LogP) is 5.46. The van der Waals surface area contributed by atoms with Gasteiger partial charge in [-0.25, -0.2) is 0 Å². The van der Waals surface area contributed by atoms with Gasteiger partial charge in [0.2, 0.25) is 0 Å². The van der Waals surface area contributed by atoms with Crippen LogP contribution in [0.25, 0.3) is 0 Å². The first-order valence-electron chi connectivity index (χ1n) is 6.22. The molecule has 0 bridgehead atoms. The Kier molecular flexibility index (Phi) is 4.64. The lowest BCUT2D eigenvalue weighted by Gasteiger charge is -2.20. The molecular weight excluding hydrogens is 346 g/mol. The molecule has 23 heavy (non-hydrogen) atoms. The molecule has 2 rings (SSSR count). The summed E-state index contributed by atoms with van der Waals surface area (Å²) in [6.45, 7) is 0. The lowest BCUT2D eigenvalue weighted by atomic mass is 9.94. The van der Waals surface area contributed by atoms with Crippen molar-refractivity contribution < 1.29 is 31.4 Å². The van der Waals surface area contributed by atoms with Gasteiger partial charge in [0, 0.05) is 5.02 Å². The van der Waals surface area contributed by atoms with Crippen molar-refractivity contribution in [2.45, 2.75) is 18.5 Å². The molecule has 0 aromatic heterocycles. The summed E-state index contributed by atoms with van der Waals surface area (Å²) in [6, 6.07) is 6.09. The first-order valence-corrected chi connectivity index (χ1v) is 6.60. The monoisotopic (exact) mass is 354 g/mol. The van der Waals surface area contributed by atoms with Crippen molar-refractivity contribution in [1.29, 1.82) is 0 Å². The predicted molar refractivity (Wildman–Crippen MR) is 72.0 cm³/mol. The Morgan fingerprint density at radius 1 is 0.826 bits per heavy atom. The minimum atomic E-state index is -4.90. The topological polar surface area (TPSA) is 20.2 Å². The van der Waals surface area contributed by atoms with E-state index in [-0.39, 0.29) is 10.6 Å². The molecule has 0 radical (unpaired) electrons. The van der Waals surface area contributed by atoms with Gasteiger partial charge in [0.25, 0.3) is 0 Å². The fourth-order valence-electron chi connectivity index (χ4n) is 2.05. The Bertz CT molecular complexity index is 691. The minimum Gasteiger partial charge on any atom is -0.384 e. The van der Waals surface area contributed by atoms with Crippen LogP contribution < -0.4 is 0 Å². The second kappa shape index (κ2) is 6.05. The number of alkyl halides is 6. The third-order valence-electron chi connectivity index (χ3n) is 3.16. The second-order valence-electron chi connectivity index (χ2n) is 4.75. The number of hydrogen-bond acceptors (Lipinski definition) is 1. The Hall–Kier alpha value is -1.73. The first kappa shape index (κ1) is 17.6. The Morgan fingerprint density at radius 2 is 1.39 bits per heavy atom. The maximum Gasteiger partial charge on any atom is 0.416 e. The zero-order valence-electron chi connectivity index (χ0n) is 11.2. The van der Waals surface area contributed by atoms with E-state index in [1.807, 2.05) is 0 Å². The van der Waals surface area contributed by atoms with Gasteiger partial charge in [-0.2, -0.15) is 26.3 Å². The zero-order valence-corrected chi connectivity index (χ0v) is 12.0. The summed E-state index contributed by atoms with van der Waals surface area (Å²) in [5, 5.41) is 10.4. The van der Waals surface area contributed by atoms with Crippen molar-refractivity contribution in [2.24, 2.45) is 0 Å². The van der Waals surface area contributed by atoms with Gasteiger partial charge >= 0.3 is 12.4 Å². The van der Waals surface area contributed by atoms with Gasteiger partial charge in [-0.15, -0.1) is 0 Å². The number of aliphatic hydroxyl groups is 1. The van der Waals surface area contributed by atoms with Crippen LogP contribution in [0.15, 0.2) is 42.5 Å². The van der Waals surface area contributed by atoms with Gasteiger partial charge in [-0.1, -0.05) is 23.7 Å². The molecule has 0 spiro atoms. The van der Waals surface area contributed by atoms with Crippen LogP contribution >= 0.6 is 11.6 Å². The highest BCUT2D eigenvalue weighted by molar-refractivity contribution is 6.30. The van der Waals surface area contributed by atoms with E-state index >= 15 is 0 Å². The van der Waals surface area contributed by atoms with Crippen LogP contribution in [0.1, 0.15) is 28.4 Å². The van der Waals surface area contributed by atoms with E-state index in [1.165, 1.54) is 24.3 Å². The molecule has 0 unspecified atom stereocenters.